The summed E-state index contributed by atoms with van der Waals surface area (Å²) in [7, 11) is 0. The second-order valence-corrected chi connectivity index (χ2v) is 6.58. The number of pyridine rings is 1. The predicted molar refractivity (Wildman–Crippen MR) is 95.9 cm³/mol. The number of aliphatic imine (C=N–C) groups is 1. The highest BCUT2D eigenvalue weighted by Gasteiger charge is 2.49. The Balaban J connectivity index is 1.97. The molecule has 2 atom stereocenters. The first-order valence-corrected chi connectivity index (χ1v) is 8.37. The maximum absolute atomic E-state index is 14.5. The summed E-state index contributed by atoms with van der Waals surface area (Å²) in [6.07, 6.45) is -2.43. The van der Waals surface area contributed by atoms with Gasteiger partial charge >= 0.3 is 6.18 Å². The highest BCUT2D eigenvalue weighted by atomic mass is 19.4. The largest absolute Gasteiger partial charge is 0.454 e. The van der Waals surface area contributed by atoms with Crippen LogP contribution in [0.15, 0.2) is 41.7 Å². The molecule has 5 nitrogen and oxygen atoms in total. The van der Waals surface area contributed by atoms with Crippen molar-refractivity contribution in [1.29, 1.82) is 5.26 Å². The summed E-state index contributed by atoms with van der Waals surface area (Å²) < 4.78 is 59.3. The Morgan fingerprint density at radius 1 is 1.17 bits per heavy atom. The lowest BCUT2D eigenvalue weighted by Crippen LogP contribution is -2.46. The van der Waals surface area contributed by atoms with Crippen LogP contribution in [-0.2, 0) is 10.3 Å². The minimum atomic E-state index is -4.64. The molecular weight excluding hydrogens is 388 g/mol. The van der Waals surface area contributed by atoms with Crippen molar-refractivity contribution < 1.29 is 22.3 Å². The molecule has 0 saturated heterocycles. The van der Waals surface area contributed by atoms with Gasteiger partial charge in [0.2, 0.25) is 0 Å². The molecule has 3 rings (SSSR count). The number of ether oxygens (including phenoxy) is 1. The van der Waals surface area contributed by atoms with Crippen LogP contribution in [0.5, 0.6) is 0 Å². The van der Waals surface area contributed by atoms with E-state index in [1.165, 1.54) is 37.5 Å². The van der Waals surface area contributed by atoms with E-state index in [9.17, 15) is 17.6 Å². The molecule has 0 radical (unpaired) electrons. The van der Waals surface area contributed by atoms with Gasteiger partial charge in [-0.25, -0.2) is 9.38 Å². The average molecular weight is 402 g/mol. The van der Waals surface area contributed by atoms with E-state index in [0.29, 0.717) is 16.7 Å². The molecule has 1 aliphatic rings. The molecule has 1 aromatic carbocycles. The molecule has 0 bridgehead atoms. The first-order valence-electron chi connectivity index (χ1n) is 8.37. The minimum absolute atomic E-state index is 0.111. The number of benzene rings is 1. The van der Waals surface area contributed by atoms with Gasteiger partial charge in [-0.05, 0) is 31.2 Å². The van der Waals surface area contributed by atoms with Gasteiger partial charge in [0.25, 0.3) is 6.02 Å². The first-order chi connectivity index (χ1) is 13.6. The molecule has 29 heavy (non-hydrogen) atoms. The zero-order valence-electron chi connectivity index (χ0n) is 15.1. The number of nitrogens with zero attached hydrogens (tertiary/aromatic N) is 3. The van der Waals surface area contributed by atoms with Gasteiger partial charge < -0.3 is 10.5 Å². The van der Waals surface area contributed by atoms with Gasteiger partial charge in [-0.2, -0.15) is 18.4 Å². The molecule has 2 heterocycles. The molecule has 148 valence electrons. The van der Waals surface area contributed by atoms with E-state index in [2.05, 4.69) is 21.8 Å². The lowest BCUT2D eigenvalue weighted by Gasteiger charge is -2.37. The van der Waals surface area contributed by atoms with Crippen LogP contribution in [0.25, 0.3) is 0 Å². The lowest BCUT2D eigenvalue weighted by molar-refractivity contribution is -0.164. The van der Waals surface area contributed by atoms with Crippen molar-refractivity contribution >= 4 is 6.02 Å². The molecule has 1 aliphatic heterocycles. The first kappa shape index (κ1) is 20.2. The van der Waals surface area contributed by atoms with Crippen LogP contribution in [0.4, 0.5) is 17.6 Å². The van der Waals surface area contributed by atoms with Gasteiger partial charge in [0.05, 0.1) is 5.56 Å². The van der Waals surface area contributed by atoms with E-state index in [1.54, 1.807) is 0 Å². The molecule has 9 heteroatoms. The normalized spacial score (nSPS) is 21.2. The molecule has 2 aromatic rings. The third-order valence-electron chi connectivity index (χ3n) is 4.33. The highest BCUT2D eigenvalue weighted by molar-refractivity contribution is 5.73. The number of hydrogen-bond donors (Lipinski definition) is 1. The fraction of sp³-hybridized carbons (Fsp3) is 0.250. The number of halogens is 4. The van der Waals surface area contributed by atoms with Gasteiger partial charge in [0, 0.05) is 35.5 Å². The molecule has 0 spiro atoms. The average Bonchev–Trinajstić information content (AvgIpc) is 2.66. The number of hydrogen-bond acceptors (Lipinski definition) is 5. The number of alkyl halides is 3. The Kier molecular flexibility index (Phi) is 5.17. The summed E-state index contributed by atoms with van der Waals surface area (Å²) in [5.41, 5.74) is 4.78. The van der Waals surface area contributed by atoms with Crippen molar-refractivity contribution in [1.82, 2.24) is 4.98 Å². The van der Waals surface area contributed by atoms with E-state index >= 15 is 0 Å². The van der Waals surface area contributed by atoms with Crippen molar-refractivity contribution in [3.63, 3.8) is 0 Å². The van der Waals surface area contributed by atoms with Crippen molar-refractivity contribution in [2.24, 2.45) is 10.7 Å². The fourth-order valence-corrected chi connectivity index (χ4v) is 2.94. The van der Waals surface area contributed by atoms with Crippen LogP contribution in [0.2, 0.25) is 0 Å². The van der Waals surface area contributed by atoms with Crippen LogP contribution < -0.4 is 5.73 Å². The smallest absolute Gasteiger partial charge is 0.411 e. The molecule has 1 aromatic heterocycles. The molecule has 2 N–H and O–H groups in total. The lowest BCUT2D eigenvalue weighted by atomic mass is 9.86. The van der Waals surface area contributed by atoms with E-state index in [0.717, 1.165) is 6.07 Å². The summed E-state index contributed by atoms with van der Waals surface area (Å²) in [5, 5.41) is 8.89. The maximum Gasteiger partial charge on any atom is 0.411 e. The summed E-state index contributed by atoms with van der Waals surface area (Å²) in [6, 6.07) is 4.51. The van der Waals surface area contributed by atoms with Crippen LogP contribution >= 0.6 is 0 Å². The standard InChI is InChI=1S/C20H14F4N4O/c1-19(8-17(20(22,23)24)28-18(26)29-19)15-7-12(4-5-16(15)21)2-3-13-6-14(9-25)11-27-10-13/h4-7,10-11,17H,8H2,1H3,(H2,26,28)/t17-,19-/m0/s1. The summed E-state index contributed by atoms with van der Waals surface area (Å²) in [4.78, 5) is 7.17. The Morgan fingerprint density at radius 3 is 2.55 bits per heavy atom. The molecule has 0 unspecified atom stereocenters. The quantitative estimate of drug-likeness (QED) is 0.586. The highest BCUT2D eigenvalue weighted by Crippen LogP contribution is 2.40. The van der Waals surface area contributed by atoms with Gasteiger partial charge in [-0.3, -0.25) is 4.98 Å². The van der Waals surface area contributed by atoms with Crippen LogP contribution in [-0.4, -0.2) is 23.2 Å². The molecule has 0 fully saturated rings. The summed E-state index contributed by atoms with van der Waals surface area (Å²) >= 11 is 0. The second kappa shape index (κ2) is 7.44. The van der Waals surface area contributed by atoms with Crippen molar-refractivity contribution in [3.8, 4) is 17.9 Å². The molecule has 0 saturated carbocycles. The summed E-state index contributed by atoms with van der Waals surface area (Å²) in [6.45, 7) is 1.32. The number of nitriles is 1. The topological polar surface area (TPSA) is 84.3 Å². The molecule has 0 aliphatic carbocycles. The number of nitrogens with two attached hydrogens (primary N) is 1. The third kappa shape index (κ3) is 4.46. The van der Waals surface area contributed by atoms with E-state index in [1.807, 2.05) is 6.07 Å². The Hall–Kier alpha value is -3.59. The van der Waals surface area contributed by atoms with Gasteiger partial charge in [-0.1, -0.05) is 11.8 Å². The number of aromatic nitrogens is 1. The van der Waals surface area contributed by atoms with Crippen molar-refractivity contribution in [3.05, 3.63) is 64.7 Å². The fourth-order valence-electron chi connectivity index (χ4n) is 2.94. The van der Waals surface area contributed by atoms with E-state index < -0.39 is 36.1 Å². The Bertz CT molecular complexity index is 1080. The predicted octanol–water partition coefficient (Wildman–Crippen LogP) is 3.37. The Morgan fingerprint density at radius 2 is 1.86 bits per heavy atom. The number of amidine groups is 1. The van der Waals surface area contributed by atoms with Crippen LogP contribution in [0.3, 0.4) is 0 Å². The monoisotopic (exact) mass is 402 g/mol. The molecule has 0 amide bonds. The Labute approximate surface area is 163 Å². The van der Waals surface area contributed by atoms with E-state index in [4.69, 9.17) is 15.7 Å². The minimum Gasteiger partial charge on any atom is -0.454 e. The third-order valence-corrected chi connectivity index (χ3v) is 4.33. The van der Waals surface area contributed by atoms with Gasteiger partial charge in [-0.15, -0.1) is 0 Å². The zero-order valence-corrected chi connectivity index (χ0v) is 15.1. The van der Waals surface area contributed by atoms with Gasteiger partial charge in [0.1, 0.15) is 17.5 Å². The SMILES string of the molecule is C[C@@]1(c2cc(C#Cc3cncc(C#N)c3)ccc2F)C[C@@H](C(F)(F)F)N=C(N)O1. The number of rotatable bonds is 1. The van der Waals surface area contributed by atoms with Crippen molar-refractivity contribution in [2.45, 2.75) is 31.2 Å². The van der Waals surface area contributed by atoms with Crippen LogP contribution in [0, 0.1) is 29.0 Å². The van der Waals surface area contributed by atoms with Crippen molar-refractivity contribution in [2.75, 3.05) is 0 Å². The molecular formula is C20H14F4N4O. The van der Waals surface area contributed by atoms with Gasteiger partial charge in [0.15, 0.2) is 6.04 Å². The van der Waals surface area contributed by atoms with E-state index in [-0.39, 0.29) is 5.56 Å². The summed E-state index contributed by atoms with van der Waals surface area (Å²) in [5.74, 6) is 4.82. The second-order valence-electron chi connectivity index (χ2n) is 6.58. The maximum atomic E-state index is 14.5. The zero-order chi connectivity index (χ0) is 21.2. The van der Waals surface area contributed by atoms with Crippen LogP contribution in [0.1, 0.15) is 35.6 Å².